The van der Waals surface area contributed by atoms with Crippen LogP contribution in [0.2, 0.25) is 5.02 Å². The molecular formula is C24H23ClN2O6. The van der Waals surface area contributed by atoms with E-state index in [1.54, 1.807) is 42.5 Å². The van der Waals surface area contributed by atoms with Gasteiger partial charge in [0.25, 0.3) is 11.7 Å². The SMILES string of the molecule is O=C1C(=O)N(CCN2CCOCC2)C(c2ccc(Cl)cc2)C1=C(O)c1ccc2c(c1)OCO2. The van der Waals surface area contributed by atoms with Gasteiger partial charge in [0.05, 0.1) is 24.8 Å². The van der Waals surface area contributed by atoms with Gasteiger partial charge in [-0.1, -0.05) is 23.7 Å². The van der Waals surface area contributed by atoms with Gasteiger partial charge in [-0.05, 0) is 35.9 Å². The van der Waals surface area contributed by atoms with Gasteiger partial charge in [-0.3, -0.25) is 14.5 Å². The fraction of sp³-hybridized carbons (Fsp3) is 0.333. The highest BCUT2D eigenvalue weighted by Gasteiger charge is 2.46. The molecule has 2 fully saturated rings. The predicted molar refractivity (Wildman–Crippen MR) is 120 cm³/mol. The van der Waals surface area contributed by atoms with Crippen LogP contribution in [0.4, 0.5) is 0 Å². The molecular weight excluding hydrogens is 448 g/mol. The van der Waals surface area contributed by atoms with Gasteiger partial charge in [-0.15, -0.1) is 0 Å². The molecule has 2 saturated heterocycles. The molecule has 3 heterocycles. The minimum absolute atomic E-state index is 0.0446. The van der Waals surface area contributed by atoms with E-state index >= 15 is 0 Å². The Kier molecular flexibility index (Phi) is 5.97. The summed E-state index contributed by atoms with van der Waals surface area (Å²) in [5.74, 6) is -0.562. The number of ketones is 1. The lowest BCUT2D eigenvalue weighted by molar-refractivity contribution is -0.140. The summed E-state index contributed by atoms with van der Waals surface area (Å²) in [4.78, 5) is 29.9. The van der Waals surface area contributed by atoms with E-state index in [0.29, 0.717) is 54.0 Å². The van der Waals surface area contributed by atoms with Gasteiger partial charge < -0.3 is 24.2 Å². The highest BCUT2D eigenvalue weighted by molar-refractivity contribution is 6.46. The summed E-state index contributed by atoms with van der Waals surface area (Å²) in [7, 11) is 0. The van der Waals surface area contributed by atoms with Crippen molar-refractivity contribution < 1.29 is 28.9 Å². The largest absolute Gasteiger partial charge is 0.507 e. The van der Waals surface area contributed by atoms with Gasteiger partial charge >= 0.3 is 0 Å². The Morgan fingerprint density at radius 2 is 1.73 bits per heavy atom. The predicted octanol–water partition coefficient (Wildman–Crippen LogP) is 2.82. The summed E-state index contributed by atoms with van der Waals surface area (Å²) >= 11 is 6.07. The minimum Gasteiger partial charge on any atom is -0.507 e. The first-order valence-corrected chi connectivity index (χ1v) is 11.1. The zero-order chi connectivity index (χ0) is 22.9. The van der Waals surface area contributed by atoms with Crippen LogP contribution >= 0.6 is 11.6 Å². The van der Waals surface area contributed by atoms with Gasteiger partial charge in [0.1, 0.15) is 5.76 Å². The third-order valence-corrected chi connectivity index (χ3v) is 6.38. The smallest absolute Gasteiger partial charge is 0.295 e. The Hall–Kier alpha value is -3.07. The summed E-state index contributed by atoms with van der Waals surface area (Å²) < 4.78 is 16.1. The number of aliphatic hydroxyl groups excluding tert-OH is 1. The molecule has 1 unspecified atom stereocenters. The first kappa shape index (κ1) is 21.8. The number of hydrogen-bond donors (Lipinski definition) is 1. The quantitative estimate of drug-likeness (QED) is 0.408. The molecule has 3 aliphatic heterocycles. The zero-order valence-electron chi connectivity index (χ0n) is 17.8. The van der Waals surface area contributed by atoms with Crippen LogP contribution in [0.1, 0.15) is 17.2 Å². The summed E-state index contributed by atoms with van der Waals surface area (Å²) in [6, 6.07) is 11.2. The van der Waals surface area contributed by atoms with Crippen molar-refractivity contribution >= 4 is 29.1 Å². The van der Waals surface area contributed by atoms with E-state index in [9.17, 15) is 14.7 Å². The van der Waals surface area contributed by atoms with E-state index < -0.39 is 17.7 Å². The lowest BCUT2D eigenvalue weighted by Crippen LogP contribution is -2.42. The van der Waals surface area contributed by atoms with Crippen LogP contribution in [0.5, 0.6) is 11.5 Å². The van der Waals surface area contributed by atoms with E-state index in [2.05, 4.69) is 4.90 Å². The molecule has 0 spiro atoms. The van der Waals surface area contributed by atoms with Crippen LogP contribution in [0, 0.1) is 0 Å². The fourth-order valence-corrected chi connectivity index (χ4v) is 4.50. The Morgan fingerprint density at radius 3 is 2.48 bits per heavy atom. The average molecular weight is 471 g/mol. The van der Waals surface area contributed by atoms with Crippen molar-refractivity contribution in [3.05, 3.63) is 64.2 Å². The molecule has 2 aromatic rings. The molecule has 8 nitrogen and oxygen atoms in total. The number of likely N-dealkylation sites (tertiary alicyclic amines) is 1. The van der Waals surface area contributed by atoms with Gasteiger partial charge in [-0.25, -0.2) is 0 Å². The van der Waals surface area contributed by atoms with Gasteiger partial charge in [0.15, 0.2) is 11.5 Å². The van der Waals surface area contributed by atoms with Crippen LogP contribution in [0.15, 0.2) is 48.0 Å². The number of halogens is 1. The molecule has 1 atom stereocenters. The van der Waals surface area contributed by atoms with E-state index in [-0.39, 0.29) is 18.1 Å². The number of fused-ring (bicyclic) bond motifs is 1. The van der Waals surface area contributed by atoms with Crippen LogP contribution < -0.4 is 9.47 Å². The number of benzene rings is 2. The maximum absolute atomic E-state index is 13.1. The number of morpholine rings is 1. The second-order valence-electron chi connectivity index (χ2n) is 8.07. The summed E-state index contributed by atoms with van der Waals surface area (Å²) in [5.41, 5.74) is 1.12. The molecule has 0 saturated carbocycles. The fourth-order valence-electron chi connectivity index (χ4n) is 4.38. The number of carbonyl (C=O) groups excluding carboxylic acids is 2. The van der Waals surface area contributed by atoms with E-state index in [0.717, 1.165) is 13.1 Å². The van der Waals surface area contributed by atoms with Crippen molar-refractivity contribution in [2.45, 2.75) is 6.04 Å². The number of hydrogen-bond acceptors (Lipinski definition) is 7. The first-order chi connectivity index (χ1) is 16.0. The maximum Gasteiger partial charge on any atom is 0.295 e. The standard InChI is InChI=1S/C24H23ClN2O6/c25-17-4-1-15(2-5-17)21-20(22(28)16-3-6-18-19(13-16)33-14-32-18)23(29)24(30)27(21)8-7-26-9-11-31-12-10-26/h1-6,13,21,28H,7-12,14H2. The topological polar surface area (TPSA) is 88.5 Å². The maximum atomic E-state index is 13.1. The third-order valence-electron chi connectivity index (χ3n) is 6.13. The molecule has 172 valence electrons. The molecule has 9 heteroatoms. The first-order valence-electron chi connectivity index (χ1n) is 10.8. The van der Waals surface area contributed by atoms with Crippen molar-refractivity contribution in [3.8, 4) is 11.5 Å². The van der Waals surface area contributed by atoms with Crippen LogP contribution in [-0.4, -0.2) is 72.8 Å². The van der Waals surface area contributed by atoms with E-state index in [4.69, 9.17) is 25.8 Å². The van der Waals surface area contributed by atoms with Crippen LogP contribution in [0.3, 0.4) is 0 Å². The van der Waals surface area contributed by atoms with Crippen molar-refractivity contribution in [2.24, 2.45) is 0 Å². The van der Waals surface area contributed by atoms with Crippen molar-refractivity contribution in [1.29, 1.82) is 0 Å². The Labute approximate surface area is 195 Å². The molecule has 3 aliphatic rings. The Balaban J connectivity index is 1.53. The Bertz CT molecular complexity index is 1110. The van der Waals surface area contributed by atoms with Crippen molar-refractivity contribution in [3.63, 3.8) is 0 Å². The Morgan fingerprint density at radius 1 is 1.00 bits per heavy atom. The molecule has 0 aliphatic carbocycles. The van der Waals surface area contributed by atoms with Crippen molar-refractivity contribution in [2.75, 3.05) is 46.2 Å². The molecule has 0 aromatic heterocycles. The number of amides is 1. The monoisotopic (exact) mass is 470 g/mol. The second kappa shape index (κ2) is 9.05. The van der Waals surface area contributed by atoms with Crippen LogP contribution in [-0.2, 0) is 14.3 Å². The van der Waals surface area contributed by atoms with Gasteiger partial charge in [0, 0.05) is 36.8 Å². The van der Waals surface area contributed by atoms with Gasteiger partial charge in [-0.2, -0.15) is 0 Å². The average Bonchev–Trinajstić information content (AvgIpc) is 3.41. The number of Topliss-reactive ketones (excluding diaryl/α,β-unsaturated/α-hetero) is 1. The minimum atomic E-state index is -0.728. The van der Waals surface area contributed by atoms with E-state index in [1.807, 2.05) is 0 Å². The molecule has 2 aromatic carbocycles. The number of aliphatic hydroxyl groups is 1. The zero-order valence-corrected chi connectivity index (χ0v) is 18.6. The summed E-state index contributed by atoms with van der Waals surface area (Å²) in [6.07, 6.45) is 0. The van der Waals surface area contributed by atoms with Crippen molar-refractivity contribution in [1.82, 2.24) is 9.80 Å². The third kappa shape index (κ3) is 4.17. The number of ether oxygens (including phenoxy) is 3. The highest BCUT2D eigenvalue weighted by atomic mass is 35.5. The lowest BCUT2D eigenvalue weighted by atomic mass is 9.95. The van der Waals surface area contributed by atoms with E-state index in [1.165, 1.54) is 4.90 Å². The molecule has 33 heavy (non-hydrogen) atoms. The molecule has 1 N–H and O–H groups in total. The number of rotatable bonds is 5. The highest BCUT2D eigenvalue weighted by Crippen LogP contribution is 2.41. The molecule has 5 rings (SSSR count). The number of carbonyl (C=O) groups is 2. The summed E-state index contributed by atoms with van der Waals surface area (Å²) in [6.45, 7) is 3.86. The molecule has 1 amide bonds. The molecule has 0 bridgehead atoms. The molecule has 0 radical (unpaired) electrons. The van der Waals surface area contributed by atoms with Crippen LogP contribution in [0.25, 0.3) is 5.76 Å². The number of nitrogens with zero attached hydrogens (tertiary/aromatic N) is 2. The van der Waals surface area contributed by atoms with Gasteiger partial charge in [0.2, 0.25) is 6.79 Å². The second-order valence-corrected chi connectivity index (χ2v) is 8.50. The summed E-state index contributed by atoms with van der Waals surface area (Å²) in [5, 5.41) is 11.7. The normalized spacial score (nSPS) is 22.2. The lowest BCUT2D eigenvalue weighted by Gasteiger charge is -2.31.